The number of aromatic hydroxyl groups is 1. The Kier molecular flexibility index (Phi) is 5.29. The molecule has 0 aromatic heterocycles. The summed E-state index contributed by atoms with van der Waals surface area (Å²) in [5.74, 6) is -1.90. The van der Waals surface area contributed by atoms with Crippen molar-refractivity contribution in [1.82, 2.24) is 0 Å². The van der Waals surface area contributed by atoms with Gasteiger partial charge in [-0.1, -0.05) is 24.3 Å². The van der Waals surface area contributed by atoms with E-state index in [0.717, 1.165) is 0 Å². The molecule has 5 nitrogen and oxygen atoms in total. The number of phenolic OH excluding ortho intramolecular Hbond substituents is 1. The Morgan fingerprint density at radius 3 is 1.55 bits per heavy atom. The van der Waals surface area contributed by atoms with E-state index in [2.05, 4.69) is 0 Å². The van der Waals surface area contributed by atoms with Crippen LogP contribution in [0.4, 0.5) is 0 Å². The Labute approximate surface area is 115 Å². The fraction of sp³-hybridized carbons (Fsp3) is 0.0667. The van der Waals surface area contributed by atoms with Crippen LogP contribution in [0.25, 0.3) is 0 Å². The van der Waals surface area contributed by atoms with E-state index in [1.807, 2.05) is 6.07 Å². The number of hydrogen-bond donors (Lipinski definition) is 3. The van der Waals surface area contributed by atoms with Crippen LogP contribution in [0.5, 0.6) is 5.75 Å². The second kappa shape index (κ2) is 6.94. The molecule has 104 valence electrons. The number of rotatable bonds is 2. The maximum Gasteiger partial charge on any atom is 0.335 e. The number of hydrogen-bond acceptors (Lipinski definition) is 3. The summed E-state index contributed by atoms with van der Waals surface area (Å²) in [5.41, 5.74) is 0.335. The van der Waals surface area contributed by atoms with Crippen LogP contribution in [-0.4, -0.2) is 27.3 Å². The van der Waals surface area contributed by atoms with Gasteiger partial charge in [0, 0.05) is 0 Å². The molecule has 3 N–H and O–H groups in total. The topological polar surface area (TPSA) is 94.8 Å². The Balaban J connectivity index is 0.000000240. The summed E-state index contributed by atoms with van der Waals surface area (Å²) in [6, 6.07) is 12.9. The van der Waals surface area contributed by atoms with Crippen LogP contribution >= 0.6 is 0 Å². The standard InChI is InChI=1S/C9H8O4.C6H6O/c1-5-6(8(10)11)3-2-4-7(5)9(12)13;7-6-4-2-1-3-5-6/h2-4H,1H3,(H,10,11)(H,12,13);1-5,7H. The maximum atomic E-state index is 10.6. The van der Waals surface area contributed by atoms with Gasteiger partial charge < -0.3 is 15.3 Å². The van der Waals surface area contributed by atoms with Gasteiger partial charge in [0.25, 0.3) is 0 Å². The van der Waals surface area contributed by atoms with Gasteiger partial charge in [-0.2, -0.15) is 0 Å². The molecule has 0 heterocycles. The van der Waals surface area contributed by atoms with Crippen LogP contribution in [0, 0.1) is 6.92 Å². The summed E-state index contributed by atoms with van der Waals surface area (Å²) in [5, 5.41) is 26.0. The smallest absolute Gasteiger partial charge is 0.335 e. The van der Waals surface area contributed by atoms with E-state index in [1.165, 1.54) is 25.1 Å². The molecule has 2 aromatic rings. The van der Waals surface area contributed by atoms with Crippen molar-refractivity contribution in [2.45, 2.75) is 6.92 Å². The summed E-state index contributed by atoms with van der Waals surface area (Å²) in [4.78, 5) is 21.2. The molecule has 0 saturated heterocycles. The van der Waals surface area contributed by atoms with E-state index in [4.69, 9.17) is 15.3 Å². The highest BCUT2D eigenvalue weighted by atomic mass is 16.4. The molecule has 0 bridgehead atoms. The van der Waals surface area contributed by atoms with E-state index < -0.39 is 11.9 Å². The molecule has 0 amide bonds. The van der Waals surface area contributed by atoms with Gasteiger partial charge in [-0.3, -0.25) is 0 Å². The number of benzene rings is 2. The fourth-order valence-electron chi connectivity index (χ4n) is 1.53. The first-order valence-corrected chi connectivity index (χ1v) is 5.73. The average molecular weight is 274 g/mol. The van der Waals surface area contributed by atoms with Crippen molar-refractivity contribution in [3.8, 4) is 5.75 Å². The monoisotopic (exact) mass is 274 g/mol. The Morgan fingerprint density at radius 1 is 0.800 bits per heavy atom. The van der Waals surface area contributed by atoms with Crippen molar-refractivity contribution in [2.24, 2.45) is 0 Å². The van der Waals surface area contributed by atoms with E-state index in [1.54, 1.807) is 24.3 Å². The molecule has 0 unspecified atom stereocenters. The molecule has 2 rings (SSSR count). The van der Waals surface area contributed by atoms with Gasteiger partial charge in [0.15, 0.2) is 0 Å². The third kappa shape index (κ3) is 4.13. The quantitative estimate of drug-likeness (QED) is 0.782. The molecule has 0 aliphatic rings. The van der Waals surface area contributed by atoms with Crippen LogP contribution < -0.4 is 0 Å². The highest BCUT2D eigenvalue weighted by Gasteiger charge is 2.13. The second-order valence-electron chi connectivity index (χ2n) is 3.92. The summed E-state index contributed by atoms with van der Waals surface area (Å²) in [6.07, 6.45) is 0. The Hall–Kier alpha value is -2.82. The summed E-state index contributed by atoms with van der Waals surface area (Å²) < 4.78 is 0. The van der Waals surface area contributed by atoms with Crippen LogP contribution in [0.15, 0.2) is 48.5 Å². The fourth-order valence-corrected chi connectivity index (χ4v) is 1.53. The highest BCUT2D eigenvalue weighted by Crippen LogP contribution is 2.13. The molecule has 0 fully saturated rings. The van der Waals surface area contributed by atoms with Gasteiger partial charge >= 0.3 is 11.9 Å². The lowest BCUT2D eigenvalue weighted by Crippen LogP contribution is -2.06. The van der Waals surface area contributed by atoms with Gasteiger partial charge in [0.1, 0.15) is 5.75 Å². The first-order chi connectivity index (χ1) is 9.43. The van der Waals surface area contributed by atoms with Crippen molar-refractivity contribution in [1.29, 1.82) is 0 Å². The van der Waals surface area contributed by atoms with Crippen LogP contribution in [0.1, 0.15) is 26.3 Å². The van der Waals surface area contributed by atoms with Crippen molar-refractivity contribution in [3.63, 3.8) is 0 Å². The van der Waals surface area contributed by atoms with Gasteiger partial charge in [-0.25, -0.2) is 9.59 Å². The lowest BCUT2D eigenvalue weighted by Gasteiger charge is -2.03. The summed E-state index contributed by atoms with van der Waals surface area (Å²) in [6.45, 7) is 1.48. The van der Waals surface area contributed by atoms with Crippen molar-refractivity contribution in [2.75, 3.05) is 0 Å². The van der Waals surface area contributed by atoms with E-state index in [0.29, 0.717) is 5.75 Å². The minimum Gasteiger partial charge on any atom is -0.508 e. The predicted octanol–water partition coefficient (Wildman–Crippen LogP) is 2.78. The predicted molar refractivity (Wildman–Crippen MR) is 73.2 cm³/mol. The molecule has 0 atom stereocenters. The average Bonchev–Trinajstić information content (AvgIpc) is 2.40. The number of carboxylic acids is 2. The summed E-state index contributed by atoms with van der Waals surface area (Å²) >= 11 is 0. The number of carbonyl (C=O) groups is 2. The van der Waals surface area contributed by atoms with Crippen molar-refractivity contribution < 1.29 is 24.9 Å². The van der Waals surface area contributed by atoms with Gasteiger partial charge in [-0.15, -0.1) is 0 Å². The molecule has 2 aromatic carbocycles. The highest BCUT2D eigenvalue weighted by molar-refractivity contribution is 5.96. The second-order valence-corrected chi connectivity index (χ2v) is 3.92. The maximum absolute atomic E-state index is 10.6. The minimum absolute atomic E-state index is 0.0277. The molecule has 0 saturated carbocycles. The van der Waals surface area contributed by atoms with Crippen LogP contribution in [0.2, 0.25) is 0 Å². The molecule has 0 aliphatic heterocycles. The number of phenols is 1. The number of aromatic carboxylic acids is 2. The zero-order chi connectivity index (χ0) is 15.1. The first-order valence-electron chi connectivity index (χ1n) is 5.73. The van der Waals surface area contributed by atoms with Crippen molar-refractivity contribution in [3.05, 3.63) is 65.2 Å². The molecular weight excluding hydrogens is 260 g/mol. The molecular formula is C15H14O5. The molecule has 20 heavy (non-hydrogen) atoms. The lowest BCUT2D eigenvalue weighted by atomic mass is 10.0. The van der Waals surface area contributed by atoms with E-state index >= 15 is 0 Å². The SMILES string of the molecule is Cc1c(C(=O)O)cccc1C(=O)O.Oc1ccccc1. The largest absolute Gasteiger partial charge is 0.508 e. The molecule has 0 radical (unpaired) electrons. The zero-order valence-corrected chi connectivity index (χ0v) is 10.8. The first kappa shape index (κ1) is 15.2. The van der Waals surface area contributed by atoms with E-state index in [-0.39, 0.29) is 16.7 Å². The van der Waals surface area contributed by atoms with E-state index in [9.17, 15) is 9.59 Å². The molecule has 5 heteroatoms. The third-order valence-corrected chi connectivity index (χ3v) is 2.55. The van der Waals surface area contributed by atoms with Gasteiger partial charge in [-0.05, 0) is 36.8 Å². The number of carboxylic acid groups (broad SMARTS) is 2. The van der Waals surface area contributed by atoms with Gasteiger partial charge in [0.2, 0.25) is 0 Å². The number of para-hydroxylation sites is 1. The van der Waals surface area contributed by atoms with Crippen molar-refractivity contribution >= 4 is 11.9 Å². The molecule has 0 spiro atoms. The third-order valence-electron chi connectivity index (χ3n) is 2.55. The van der Waals surface area contributed by atoms with Crippen LogP contribution in [0.3, 0.4) is 0 Å². The summed E-state index contributed by atoms with van der Waals surface area (Å²) in [7, 11) is 0. The zero-order valence-electron chi connectivity index (χ0n) is 10.8. The molecule has 0 aliphatic carbocycles. The van der Waals surface area contributed by atoms with Gasteiger partial charge in [0.05, 0.1) is 11.1 Å². The lowest BCUT2D eigenvalue weighted by molar-refractivity contribution is 0.0696. The Bertz CT molecular complexity index is 573. The Morgan fingerprint density at radius 2 is 1.25 bits per heavy atom. The van der Waals surface area contributed by atoms with Crippen LogP contribution in [-0.2, 0) is 0 Å². The normalized spacial score (nSPS) is 9.25. The minimum atomic E-state index is -1.11.